The fourth-order valence-corrected chi connectivity index (χ4v) is 4.66. The van der Waals surface area contributed by atoms with Crippen LogP contribution < -0.4 is 10.1 Å². The first-order chi connectivity index (χ1) is 12.9. The molecule has 0 bridgehead atoms. The van der Waals surface area contributed by atoms with E-state index in [0.717, 1.165) is 12.1 Å². The summed E-state index contributed by atoms with van der Waals surface area (Å²) >= 11 is 0. The number of nitrogens with zero attached hydrogens (tertiary/aromatic N) is 1. The quantitative estimate of drug-likeness (QED) is 0.774. The number of anilines is 1. The zero-order valence-electron chi connectivity index (χ0n) is 17.7. The van der Waals surface area contributed by atoms with Crippen molar-refractivity contribution >= 4 is 21.6 Å². The van der Waals surface area contributed by atoms with Crippen LogP contribution in [0.5, 0.6) is 5.75 Å². The number of amides is 1. The summed E-state index contributed by atoms with van der Waals surface area (Å²) in [6.45, 7) is 11.7. The number of benzene rings is 1. The predicted octanol–water partition coefficient (Wildman–Crippen LogP) is 4.34. The number of hydrogen-bond acceptors (Lipinski definition) is 4. The Balaban J connectivity index is 2.70. The number of hydrogen-bond donors (Lipinski definition) is 1. The highest BCUT2D eigenvalue weighted by atomic mass is 32.2. The normalized spacial score (nSPS) is 12.1. The highest BCUT2D eigenvalue weighted by Gasteiger charge is 2.32. The van der Waals surface area contributed by atoms with Gasteiger partial charge in [0.1, 0.15) is 16.5 Å². The molecule has 0 saturated carbocycles. The molecule has 0 aliphatic rings. The van der Waals surface area contributed by atoms with Gasteiger partial charge in [-0.05, 0) is 50.1 Å². The molecule has 0 atom stereocenters. The number of nitrogens with one attached hydrogen (secondary N) is 1. The second-order valence-electron chi connectivity index (χ2n) is 7.92. The zero-order chi connectivity index (χ0) is 21.3. The Labute approximate surface area is 167 Å². The van der Waals surface area contributed by atoms with E-state index in [4.69, 9.17) is 4.74 Å². The second-order valence-corrected chi connectivity index (χ2v) is 9.81. The molecule has 0 spiro atoms. The lowest BCUT2D eigenvalue weighted by molar-refractivity contribution is -0.123. The van der Waals surface area contributed by atoms with Crippen LogP contribution in [0.1, 0.15) is 45.4 Å². The number of sulfone groups is 1. The summed E-state index contributed by atoms with van der Waals surface area (Å²) in [5.41, 5.74) is 0.830. The van der Waals surface area contributed by atoms with Crippen molar-refractivity contribution in [3.63, 3.8) is 0 Å². The molecule has 2 rings (SSSR count). The Hall–Kier alpha value is -2.28. The summed E-state index contributed by atoms with van der Waals surface area (Å²) in [5, 5.41) is 2.88. The minimum absolute atomic E-state index is 0.154. The van der Waals surface area contributed by atoms with Crippen molar-refractivity contribution in [2.75, 3.05) is 12.4 Å². The van der Waals surface area contributed by atoms with E-state index >= 15 is 0 Å². The van der Waals surface area contributed by atoms with Crippen LogP contribution in [-0.4, -0.2) is 26.0 Å². The van der Waals surface area contributed by atoms with Crippen molar-refractivity contribution in [1.29, 1.82) is 0 Å². The van der Waals surface area contributed by atoms with Gasteiger partial charge in [0.05, 0.1) is 12.0 Å². The molecule has 6 nitrogen and oxygen atoms in total. The molecular formula is C21H30N2O4S. The number of rotatable bonds is 6. The Morgan fingerprint density at radius 2 is 1.71 bits per heavy atom. The third-order valence-electron chi connectivity index (χ3n) is 4.77. The number of ether oxygens (including phenoxy) is 1. The van der Waals surface area contributed by atoms with Crippen LogP contribution >= 0.6 is 0 Å². The Morgan fingerprint density at radius 1 is 1.14 bits per heavy atom. The first kappa shape index (κ1) is 22.0. The van der Waals surface area contributed by atoms with Gasteiger partial charge in [-0.15, -0.1) is 0 Å². The predicted molar refractivity (Wildman–Crippen MR) is 111 cm³/mol. The van der Waals surface area contributed by atoms with Gasteiger partial charge in [-0.2, -0.15) is 0 Å². The van der Waals surface area contributed by atoms with Gasteiger partial charge in [0.25, 0.3) is 0 Å². The zero-order valence-corrected chi connectivity index (χ0v) is 18.5. The van der Waals surface area contributed by atoms with Crippen LogP contribution in [0.15, 0.2) is 34.1 Å². The molecule has 0 saturated heterocycles. The molecule has 154 valence electrons. The summed E-state index contributed by atoms with van der Waals surface area (Å²) in [4.78, 5) is 13.0. The maximum Gasteiger partial charge on any atom is 0.230 e. The maximum absolute atomic E-state index is 13.5. The summed E-state index contributed by atoms with van der Waals surface area (Å²) in [6.07, 6.45) is 0.815. The largest absolute Gasteiger partial charge is 0.497 e. The number of aromatic nitrogens is 1. The van der Waals surface area contributed by atoms with E-state index in [1.807, 2.05) is 18.4 Å². The summed E-state index contributed by atoms with van der Waals surface area (Å²) in [5.74, 6) is 0.692. The van der Waals surface area contributed by atoms with Crippen molar-refractivity contribution in [3.05, 3.63) is 35.5 Å². The van der Waals surface area contributed by atoms with Gasteiger partial charge in [-0.3, -0.25) is 4.79 Å². The molecule has 2 aromatic rings. The highest BCUT2D eigenvalue weighted by molar-refractivity contribution is 7.91. The molecule has 0 aliphatic carbocycles. The van der Waals surface area contributed by atoms with Crippen LogP contribution in [-0.2, 0) is 21.2 Å². The second kappa shape index (κ2) is 7.99. The third-order valence-corrected chi connectivity index (χ3v) is 6.70. The van der Waals surface area contributed by atoms with Gasteiger partial charge < -0.3 is 14.6 Å². The molecule has 0 radical (unpaired) electrons. The fraction of sp³-hybridized carbons (Fsp3) is 0.476. The lowest BCUT2D eigenvalue weighted by Crippen LogP contribution is -2.29. The highest BCUT2D eigenvalue weighted by Crippen LogP contribution is 2.36. The molecule has 0 unspecified atom stereocenters. The molecule has 1 heterocycles. The van der Waals surface area contributed by atoms with Gasteiger partial charge in [-0.25, -0.2) is 8.42 Å². The third kappa shape index (κ3) is 4.09. The van der Waals surface area contributed by atoms with Crippen molar-refractivity contribution in [1.82, 2.24) is 4.57 Å². The summed E-state index contributed by atoms with van der Waals surface area (Å²) < 4.78 is 33.9. The van der Waals surface area contributed by atoms with Crippen molar-refractivity contribution in [3.8, 4) is 5.75 Å². The number of carbonyl (C=O) groups excluding carboxylic acids is 1. The molecular weight excluding hydrogens is 376 g/mol. The summed E-state index contributed by atoms with van der Waals surface area (Å²) in [6, 6.07) is 6.28. The van der Waals surface area contributed by atoms with Crippen molar-refractivity contribution in [2.24, 2.45) is 5.41 Å². The lowest BCUT2D eigenvalue weighted by atomic mass is 9.96. The van der Waals surface area contributed by atoms with E-state index in [9.17, 15) is 13.2 Å². The van der Waals surface area contributed by atoms with E-state index in [-0.39, 0.29) is 15.7 Å². The van der Waals surface area contributed by atoms with E-state index in [0.29, 0.717) is 23.7 Å². The van der Waals surface area contributed by atoms with Crippen LogP contribution in [0, 0.1) is 19.3 Å². The topological polar surface area (TPSA) is 77.4 Å². The minimum Gasteiger partial charge on any atom is -0.497 e. The van der Waals surface area contributed by atoms with Gasteiger partial charge in [0, 0.05) is 17.7 Å². The Kier molecular flexibility index (Phi) is 6.28. The minimum atomic E-state index is -3.83. The maximum atomic E-state index is 13.5. The average Bonchev–Trinajstić information content (AvgIpc) is 2.86. The smallest absolute Gasteiger partial charge is 0.230 e. The van der Waals surface area contributed by atoms with Gasteiger partial charge in [0.15, 0.2) is 0 Å². The Morgan fingerprint density at radius 3 is 2.18 bits per heavy atom. The summed E-state index contributed by atoms with van der Waals surface area (Å²) in [7, 11) is -2.30. The monoisotopic (exact) mass is 406 g/mol. The van der Waals surface area contributed by atoms with Crippen LogP contribution in [0.4, 0.5) is 5.82 Å². The fourth-order valence-electron chi connectivity index (χ4n) is 2.96. The Bertz CT molecular complexity index is 965. The molecule has 28 heavy (non-hydrogen) atoms. The van der Waals surface area contributed by atoms with Gasteiger partial charge in [0.2, 0.25) is 15.7 Å². The van der Waals surface area contributed by atoms with E-state index in [2.05, 4.69) is 5.32 Å². The SMILES string of the molecule is CCCn1c(C)c(C)c(S(=O)(=O)c2ccc(OC)cc2)c1NC(=O)C(C)(C)C. The van der Waals surface area contributed by atoms with Crippen LogP contribution in [0.3, 0.4) is 0 Å². The number of carbonyl (C=O) groups is 1. The first-order valence-electron chi connectivity index (χ1n) is 9.35. The molecule has 0 fully saturated rings. The standard InChI is InChI=1S/C21H30N2O4S/c1-8-13-23-15(3)14(2)18(19(23)22-20(24)21(4,5)6)28(25,26)17-11-9-16(27-7)10-12-17/h9-12H,8,13H2,1-7H3,(H,22,24). The molecule has 1 amide bonds. The molecule has 1 aromatic carbocycles. The van der Waals surface area contributed by atoms with Crippen molar-refractivity contribution in [2.45, 2.75) is 64.3 Å². The molecule has 0 aliphatic heterocycles. The van der Waals surface area contributed by atoms with Gasteiger partial charge in [-0.1, -0.05) is 27.7 Å². The van der Waals surface area contributed by atoms with E-state index < -0.39 is 15.3 Å². The van der Waals surface area contributed by atoms with Gasteiger partial charge >= 0.3 is 0 Å². The van der Waals surface area contributed by atoms with E-state index in [1.54, 1.807) is 39.8 Å². The molecule has 1 N–H and O–H groups in total. The van der Waals surface area contributed by atoms with E-state index in [1.165, 1.54) is 19.2 Å². The first-order valence-corrected chi connectivity index (χ1v) is 10.8. The lowest BCUT2D eigenvalue weighted by Gasteiger charge is -2.20. The van der Waals surface area contributed by atoms with Crippen molar-refractivity contribution < 1.29 is 17.9 Å². The molecule has 1 aromatic heterocycles. The number of methoxy groups -OCH3 is 1. The van der Waals surface area contributed by atoms with Crippen LogP contribution in [0.2, 0.25) is 0 Å². The van der Waals surface area contributed by atoms with Crippen LogP contribution in [0.25, 0.3) is 0 Å². The molecule has 7 heteroatoms. The average molecular weight is 407 g/mol.